The van der Waals surface area contributed by atoms with E-state index in [0.29, 0.717) is 23.9 Å². The van der Waals surface area contributed by atoms with Gasteiger partial charge in [0.2, 0.25) is 0 Å². The van der Waals surface area contributed by atoms with Crippen LogP contribution < -0.4 is 4.89 Å². The molecule has 0 saturated heterocycles. The third-order valence-corrected chi connectivity index (χ3v) is 14.8. The Morgan fingerprint density at radius 1 is 0.369 bits per heavy atom. The van der Waals surface area contributed by atoms with Crippen molar-refractivity contribution in [1.82, 2.24) is 0 Å². The normalized spacial score (nSPS) is 14.1. The van der Waals surface area contributed by atoms with E-state index in [9.17, 15) is 19.0 Å². The largest absolute Gasteiger partial charge is 0.756 e. The van der Waals surface area contributed by atoms with Gasteiger partial charge in [0.25, 0.3) is 7.82 Å². The molecule has 0 aliphatic carbocycles. The number of phosphoric acid groups is 1. The van der Waals surface area contributed by atoms with E-state index < -0.39 is 32.5 Å². The Morgan fingerprint density at radius 3 is 0.964 bits per heavy atom. The van der Waals surface area contributed by atoms with Crippen LogP contribution in [0, 0.1) is 0 Å². The minimum Gasteiger partial charge on any atom is -0.756 e. The predicted molar refractivity (Wildman–Crippen MR) is 360 cm³/mol. The van der Waals surface area contributed by atoms with Gasteiger partial charge >= 0.3 is 11.9 Å². The van der Waals surface area contributed by atoms with Gasteiger partial charge in [0.1, 0.15) is 19.8 Å². The number of phosphoric ester groups is 1. The van der Waals surface area contributed by atoms with E-state index in [4.69, 9.17) is 18.5 Å². The van der Waals surface area contributed by atoms with Gasteiger partial charge in [-0.2, -0.15) is 0 Å². The number of rotatable bonds is 60. The lowest BCUT2D eigenvalue weighted by Gasteiger charge is -2.28. The zero-order valence-electron chi connectivity index (χ0n) is 54.3. The van der Waals surface area contributed by atoms with Crippen molar-refractivity contribution in [3.63, 3.8) is 0 Å². The fourth-order valence-corrected chi connectivity index (χ4v) is 9.51. The number of allylic oxidation sites excluding steroid dienone is 24. The van der Waals surface area contributed by atoms with Gasteiger partial charge in [-0.15, -0.1) is 0 Å². The average Bonchev–Trinajstić information content (AvgIpc) is 3.61. The van der Waals surface area contributed by atoms with Crippen molar-refractivity contribution in [3.05, 3.63) is 146 Å². The fraction of sp³-hybridized carbons (Fsp3) is 0.649. The molecule has 9 nitrogen and oxygen atoms in total. The number of carbonyl (C=O) groups is 2. The highest BCUT2D eigenvalue weighted by Crippen LogP contribution is 2.38. The number of unbranched alkanes of at least 4 members (excludes halogenated alkanes) is 22. The molecular formula is C74H124NO8P. The van der Waals surface area contributed by atoms with E-state index in [-0.39, 0.29) is 26.1 Å². The van der Waals surface area contributed by atoms with Crippen LogP contribution in [0.1, 0.15) is 258 Å². The molecule has 0 aromatic rings. The first-order valence-electron chi connectivity index (χ1n) is 33.5. The second-order valence-corrected chi connectivity index (χ2v) is 24.5. The molecule has 0 spiro atoms. The Hall–Kier alpha value is -4.11. The SMILES string of the molecule is CC/C=C\C/C=C\C/C=C\C/C=C\C/C=C\C/C=C\C/C=C\CCCCCCCCCCCCCCCCCCCCCC(=O)OC(COC(=O)CCCCC/C=C\C/C=C\C/C=C\C/C=C\C/C=C\CC)COP(=O)([O-])OCC[N+](C)(C)C. The van der Waals surface area contributed by atoms with Crippen LogP contribution in [0.5, 0.6) is 0 Å². The van der Waals surface area contributed by atoms with Gasteiger partial charge < -0.3 is 27.9 Å². The summed E-state index contributed by atoms with van der Waals surface area (Å²) in [7, 11) is 1.14. The maximum absolute atomic E-state index is 12.8. The van der Waals surface area contributed by atoms with E-state index in [2.05, 4.69) is 160 Å². The molecule has 0 rings (SSSR count). The summed E-state index contributed by atoms with van der Waals surface area (Å²) in [5.41, 5.74) is 0. The van der Waals surface area contributed by atoms with Gasteiger partial charge in [0, 0.05) is 12.8 Å². The Labute approximate surface area is 516 Å². The quantitative estimate of drug-likeness (QED) is 0.0195. The molecule has 2 unspecified atom stereocenters. The van der Waals surface area contributed by atoms with Crippen molar-refractivity contribution >= 4 is 19.8 Å². The molecule has 0 radical (unpaired) electrons. The van der Waals surface area contributed by atoms with Crippen LogP contribution in [0.25, 0.3) is 0 Å². The van der Waals surface area contributed by atoms with Gasteiger partial charge in [-0.3, -0.25) is 14.2 Å². The molecule has 84 heavy (non-hydrogen) atoms. The molecule has 0 aliphatic heterocycles. The predicted octanol–water partition coefficient (Wildman–Crippen LogP) is 21.2. The average molecular weight is 1190 g/mol. The van der Waals surface area contributed by atoms with Crippen LogP contribution in [0.2, 0.25) is 0 Å². The highest BCUT2D eigenvalue weighted by molar-refractivity contribution is 7.45. The van der Waals surface area contributed by atoms with E-state index in [1.165, 1.54) is 103 Å². The summed E-state index contributed by atoms with van der Waals surface area (Å²) in [6.07, 6.45) is 93.6. The Bertz CT molecular complexity index is 1930. The summed E-state index contributed by atoms with van der Waals surface area (Å²) in [6.45, 7) is 3.97. The summed E-state index contributed by atoms with van der Waals surface area (Å²) in [5.74, 6) is -0.873. The van der Waals surface area contributed by atoms with Gasteiger partial charge in [0.15, 0.2) is 6.10 Å². The molecule has 0 amide bonds. The minimum atomic E-state index is -4.65. The zero-order chi connectivity index (χ0) is 61.2. The van der Waals surface area contributed by atoms with Crippen LogP contribution in [-0.4, -0.2) is 70.0 Å². The van der Waals surface area contributed by atoms with E-state index in [1.807, 2.05) is 21.1 Å². The third kappa shape index (κ3) is 67.0. The minimum absolute atomic E-state index is 0.0419. The lowest BCUT2D eigenvalue weighted by atomic mass is 10.0. The standard InChI is InChI=1S/C74H124NO8P/c1-6-8-10-12-14-16-18-20-22-24-26-27-28-29-30-31-32-33-34-35-36-37-38-39-40-41-42-43-44-45-46-47-49-51-53-55-57-59-61-63-65-67-74(77)83-72(71-82-84(78,79)81-69-68-75(3,4)5)70-80-73(76)66-64-62-60-58-56-54-52-50-48-25-23-21-19-17-15-13-11-9-7-2/h8-11,14-17,20-23,26-27,29-30,32-33,35-36,48,50,54,56,72H,6-7,12-13,18-19,24-25,28,31,34,37-47,49,51-53,55,57-71H2,1-5H3/b10-8-,11-9-,16-14-,17-15-,22-20-,23-21-,27-26-,30-29-,33-32-,36-35-,50-48-,56-54-. The molecule has 0 aliphatic rings. The topological polar surface area (TPSA) is 111 Å². The van der Waals surface area contributed by atoms with Crippen LogP contribution in [0.3, 0.4) is 0 Å². The molecule has 0 bridgehead atoms. The lowest BCUT2D eigenvalue weighted by Crippen LogP contribution is -2.37. The van der Waals surface area contributed by atoms with Gasteiger partial charge in [-0.25, -0.2) is 0 Å². The second kappa shape index (κ2) is 63.4. The molecule has 0 saturated carbocycles. The number of hydrogen-bond acceptors (Lipinski definition) is 8. The Balaban J connectivity index is 4.02. The van der Waals surface area contributed by atoms with E-state index in [0.717, 1.165) is 116 Å². The van der Waals surface area contributed by atoms with Crippen LogP contribution in [0.4, 0.5) is 0 Å². The molecule has 0 fully saturated rings. The summed E-state index contributed by atoms with van der Waals surface area (Å²) in [5, 5.41) is 0. The molecule has 0 aromatic carbocycles. The molecule has 0 aromatic heterocycles. The zero-order valence-corrected chi connectivity index (χ0v) is 55.2. The molecule has 10 heteroatoms. The van der Waals surface area contributed by atoms with Gasteiger partial charge in [0.05, 0.1) is 27.7 Å². The molecular weight excluding hydrogens is 1060 g/mol. The highest BCUT2D eigenvalue weighted by Gasteiger charge is 2.22. The monoisotopic (exact) mass is 1190 g/mol. The van der Waals surface area contributed by atoms with Crippen LogP contribution in [-0.2, 0) is 32.7 Å². The Morgan fingerprint density at radius 2 is 0.643 bits per heavy atom. The molecule has 0 N–H and O–H groups in total. The van der Waals surface area contributed by atoms with Crippen molar-refractivity contribution in [1.29, 1.82) is 0 Å². The molecule has 2 atom stereocenters. The van der Waals surface area contributed by atoms with Crippen LogP contribution >= 0.6 is 7.82 Å². The smallest absolute Gasteiger partial charge is 0.306 e. The van der Waals surface area contributed by atoms with Crippen molar-refractivity contribution in [2.45, 2.75) is 264 Å². The van der Waals surface area contributed by atoms with Crippen molar-refractivity contribution in [2.75, 3.05) is 47.5 Å². The van der Waals surface area contributed by atoms with Crippen molar-refractivity contribution in [3.8, 4) is 0 Å². The van der Waals surface area contributed by atoms with E-state index in [1.54, 1.807) is 0 Å². The fourth-order valence-electron chi connectivity index (χ4n) is 8.78. The summed E-state index contributed by atoms with van der Waals surface area (Å²) in [6, 6.07) is 0. The van der Waals surface area contributed by atoms with Gasteiger partial charge in [-0.05, 0) is 116 Å². The van der Waals surface area contributed by atoms with Gasteiger partial charge in [-0.1, -0.05) is 275 Å². The summed E-state index contributed by atoms with van der Waals surface area (Å²) < 4.78 is 34.2. The molecule has 0 heterocycles. The summed E-state index contributed by atoms with van der Waals surface area (Å²) >= 11 is 0. The lowest BCUT2D eigenvalue weighted by molar-refractivity contribution is -0.870. The molecule has 478 valence electrons. The maximum Gasteiger partial charge on any atom is 0.306 e. The maximum atomic E-state index is 12.8. The van der Waals surface area contributed by atoms with Crippen LogP contribution in [0.15, 0.2) is 146 Å². The number of esters is 2. The number of quaternary nitrogens is 1. The van der Waals surface area contributed by atoms with Crippen molar-refractivity contribution in [2.24, 2.45) is 0 Å². The van der Waals surface area contributed by atoms with Crippen molar-refractivity contribution < 1.29 is 42.1 Å². The number of carbonyl (C=O) groups excluding carboxylic acids is 2. The first kappa shape index (κ1) is 79.9. The summed E-state index contributed by atoms with van der Waals surface area (Å²) in [4.78, 5) is 38.0. The van der Waals surface area contributed by atoms with E-state index >= 15 is 0 Å². The Kier molecular flexibility index (Phi) is 60.3. The second-order valence-electron chi connectivity index (χ2n) is 23.1. The number of likely N-dealkylation sites (N-methyl/N-ethyl adjacent to an activating group) is 1. The highest BCUT2D eigenvalue weighted by atomic mass is 31.2. The number of hydrogen-bond donors (Lipinski definition) is 0. The first-order chi connectivity index (χ1) is 41.0. The third-order valence-electron chi connectivity index (χ3n) is 13.9. The number of nitrogens with zero attached hydrogens (tertiary/aromatic N) is 1. The number of ether oxygens (including phenoxy) is 2. The first-order valence-corrected chi connectivity index (χ1v) is 35.0.